The minimum absolute atomic E-state index is 0.218. The van der Waals surface area contributed by atoms with Crippen molar-refractivity contribution in [1.82, 2.24) is 4.90 Å². The van der Waals surface area contributed by atoms with Crippen LogP contribution in [0.4, 0.5) is 0 Å². The smallest absolute Gasteiger partial charge is 0.0683 e. The average Bonchev–Trinajstić information content (AvgIpc) is 2.38. The normalized spacial score (nSPS) is 13.3. The zero-order valence-electron chi connectivity index (χ0n) is 12.3. The monoisotopic (exact) mass is 278 g/mol. The number of nitriles is 1. The molecule has 1 aromatic rings. The summed E-state index contributed by atoms with van der Waals surface area (Å²) in [6.07, 6.45) is 1.97. The standard InChI is InChI=1S/C16H23ClN2/c1-13(14-6-8-15(17)9-7-14)19(4)11-5-10-16(2,3)12-18/h6-9,13H,5,10-11H2,1-4H3. The Kier molecular flexibility index (Phi) is 5.85. The van der Waals surface area contributed by atoms with Crippen LogP contribution in [0.5, 0.6) is 0 Å². The summed E-state index contributed by atoms with van der Waals surface area (Å²) in [5, 5.41) is 9.77. The van der Waals surface area contributed by atoms with Crippen molar-refractivity contribution in [3.05, 3.63) is 34.9 Å². The molecule has 1 atom stereocenters. The summed E-state index contributed by atoms with van der Waals surface area (Å²) in [5.41, 5.74) is 1.05. The topological polar surface area (TPSA) is 27.0 Å². The number of halogens is 1. The second kappa shape index (κ2) is 6.93. The Labute approximate surface area is 122 Å². The Balaban J connectivity index is 2.47. The largest absolute Gasteiger partial charge is 0.300 e. The molecule has 0 saturated heterocycles. The highest BCUT2D eigenvalue weighted by Crippen LogP contribution is 2.24. The fourth-order valence-electron chi connectivity index (χ4n) is 2.02. The molecule has 0 radical (unpaired) electrons. The lowest BCUT2D eigenvalue weighted by Crippen LogP contribution is -2.24. The molecule has 3 heteroatoms. The van der Waals surface area contributed by atoms with Gasteiger partial charge in [-0.2, -0.15) is 5.26 Å². The summed E-state index contributed by atoms with van der Waals surface area (Å²) >= 11 is 5.90. The first-order valence-corrected chi connectivity index (χ1v) is 7.10. The van der Waals surface area contributed by atoms with Crippen LogP contribution >= 0.6 is 11.6 Å². The molecule has 0 aliphatic carbocycles. The molecule has 0 aliphatic heterocycles. The molecule has 0 aromatic heterocycles. The second-order valence-electron chi connectivity index (χ2n) is 5.81. The summed E-state index contributed by atoms with van der Waals surface area (Å²) in [5.74, 6) is 0. The molecule has 0 amide bonds. The minimum Gasteiger partial charge on any atom is -0.300 e. The van der Waals surface area contributed by atoms with Gasteiger partial charge in [0.1, 0.15) is 0 Å². The first kappa shape index (κ1) is 16.0. The SMILES string of the molecule is CC(c1ccc(Cl)cc1)N(C)CCCC(C)(C)C#N. The zero-order chi connectivity index (χ0) is 14.5. The summed E-state index contributed by atoms with van der Waals surface area (Å²) in [7, 11) is 2.12. The molecule has 0 N–H and O–H groups in total. The van der Waals surface area contributed by atoms with Crippen molar-refractivity contribution in [3.8, 4) is 6.07 Å². The van der Waals surface area contributed by atoms with Crippen LogP contribution in [0.3, 0.4) is 0 Å². The predicted molar refractivity (Wildman–Crippen MR) is 81.1 cm³/mol. The molecule has 0 heterocycles. The highest BCUT2D eigenvalue weighted by molar-refractivity contribution is 6.30. The van der Waals surface area contributed by atoms with E-state index in [4.69, 9.17) is 16.9 Å². The van der Waals surface area contributed by atoms with Crippen molar-refractivity contribution in [2.75, 3.05) is 13.6 Å². The Morgan fingerprint density at radius 3 is 2.42 bits per heavy atom. The van der Waals surface area contributed by atoms with Gasteiger partial charge in [-0.3, -0.25) is 4.90 Å². The predicted octanol–water partition coefficient (Wildman–Crippen LogP) is 4.66. The maximum Gasteiger partial charge on any atom is 0.0683 e. The van der Waals surface area contributed by atoms with Gasteiger partial charge in [0.25, 0.3) is 0 Å². The van der Waals surface area contributed by atoms with Gasteiger partial charge in [0.2, 0.25) is 0 Å². The van der Waals surface area contributed by atoms with Crippen LogP contribution in [-0.4, -0.2) is 18.5 Å². The molecule has 104 valence electrons. The van der Waals surface area contributed by atoms with Crippen LogP contribution in [0.15, 0.2) is 24.3 Å². The van der Waals surface area contributed by atoms with Crippen LogP contribution < -0.4 is 0 Å². The highest BCUT2D eigenvalue weighted by Gasteiger charge is 2.17. The molecule has 0 saturated carbocycles. The number of benzene rings is 1. The zero-order valence-corrected chi connectivity index (χ0v) is 13.0. The van der Waals surface area contributed by atoms with Gasteiger partial charge in [0.15, 0.2) is 0 Å². The molecule has 1 aromatic carbocycles. The molecule has 0 bridgehead atoms. The quantitative estimate of drug-likeness (QED) is 0.756. The van der Waals surface area contributed by atoms with Gasteiger partial charge in [0.05, 0.1) is 11.5 Å². The first-order chi connectivity index (χ1) is 8.85. The van der Waals surface area contributed by atoms with E-state index in [1.165, 1.54) is 5.56 Å². The van der Waals surface area contributed by atoms with Crippen molar-refractivity contribution < 1.29 is 0 Å². The van der Waals surface area contributed by atoms with E-state index >= 15 is 0 Å². The fourth-order valence-corrected chi connectivity index (χ4v) is 2.14. The third kappa shape index (κ3) is 5.22. The van der Waals surface area contributed by atoms with E-state index in [1.807, 2.05) is 26.0 Å². The third-order valence-electron chi connectivity index (χ3n) is 3.63. The van der Waals surface area contributed by atoms with Crippen LogP contribution in [0, 0.1) is 16.7 Å². The van der Waals surface area contributed by atoms with Crippen molar-refractivity contribution in [2.45, 2.75) is 39.7 Å². The van der Waals surface area contributed by atoms with Crippen molar-refractivity contribution in [2.24, 2.45) is 5.41 Å². The number of hydrogen-bond acceptors (Lipinski definition) is 2. The third-order valence-corrected chi connectivity index (χ3v) is 3.88. The lowest BCUT2D eigenvalue weighted by molar-refractivity contribution is 0.245. The molecule has 1 unspecified atom stereocenters. The fraction of sp³-hybridized carbons (Fsp3) is 0.562. The summed E-state index contributed by atoms with van der Waals surface area (Å²) < 4.78 is 0. The van der Waals surface area contributed by atoms with Gasteiger partial charge >= 0.3 is 0 Å². The van der Waals surface area contributed by atoms with Gasteiger partial charge < -0.3 is 0 Å². The maximum atomic E-state index is 9.00. The van der Waals surface area contributed by atoms with E-state index < -0.39 is 0 Å². The Morgan fingerprint density at radius 2 is 1.89 bits per heavy atom. The van der Waals surface area contributed by atoms with E-state index in [0.717, 1.165) is 24.4 Å². The van der Waals surface area contributed by atoms with E-state index in [9.17, 15) is 0 Å². The summed E-state index contributed by atoms with van der Waals surface area (Å²) in [6.45, 7) is 7.18. The Bertz CT molecular complexity index is 431. The average molecular weight is 279 g/mol. The van der Waals surface area contributed by atoms with Crippen molar-refractivity contribution >= 4 is 11.6 Å². The molecule has 1 rings (SSSR count). The van der Waals surface area contributed by atoms with Crippen LogP contribution in [-0.2, 0) is 0 Å². The van der Waals surface area contributed by atoms with Crippen LogP contribution in [0.1, 0.15) is 45.2 Å². The lowest BCUT2D eigenvalue weighted by atomic mass is 9.89. The Hall–Kier alpha value is -1.04. The molecule has 0 fully saturated rings. The van der Waals surface area contributed by atoms with Gasteiger partial charge in [-0.25, -0.2) is 0 Å². The van der Waals surface area contributed by atoms with E-state index in [2.05, 4.69) is 37.1 Å². The minimum atomic E-state index is -0.218. The van der Waals surface area contributed by atoms with Crippen molar-refractivity contribution in [1.29, 1.82) is 5.26 Å². The molecular weight excluding hydrogens is 256 g/mol. The summed E-state index contributed by atoms with van der Waals surface area (Å²) in [4.78, 5) is 2.32. The van der Waals surface area contributed by atoms with Gasteiger partial charge in [0, 0.05) is 11.1 Å². The molecule has 2 nitrogen and oxygen atoms in total. The highest BCUT2D eigenvalue weighted by atomic mass is 35.5. The lowest BCUT2D eigenvalue weighted by Gasteiger charge is -2.26. The van der Waals surface area contributed by atoms with Gasteiger partial charge in [-0.1, -0.05) is 23.7 Å². The van der Waals surface area contributed by atoms with E-state index in [1.54, 1.807) is 0 Å². The summed E-state index contributed by atoms with van der Waals surface area (Å²) in [6, 6.07) is 10.7. The molecule has 0 spiro atoms. The Morgan fingerprint density at radius 1 is 1.32 bits per heavy atom. The molecule has 0 aliphatic rings. The van der Waals surface area contributed by atoms with E-state index in [-0.39, 0.29) is 5.41 Å². The van der Waals surface area contributed by atoms with E-state index in [0.29, 0.717) is 6.04 Å². The second-order valence-corrected chi connectivity index (χ2v) is 6.24. The van der Waals surface area contributed by atoms with Crippen LogP contribution in [0.2, 0.25) is 5.02 Å². The first-order valence-electron chi connectivity index (χ1n) is 6.73. The van der Waals surface area contributed by atoms with Crippen LogP contribution in [0.25, 0.3) is 0 Å². The number of hydrogen-bond donors (Lipinski definition) is 0. The van der Waals surface area contributed by atoms with Crippen molar-refractivity contribution in [3.63, 3.8) is 0 Å². The number of nitrogens with zero attached hydrogens (tertiary/aromatic N) is 2. The molecule has 19 heavy (non-hydrogen) atoms. The van der Waals surface area contributed by atoms with Gasteiger partial charge in [-0.05, 0) is 64.9 Å². The van der Waals surface area contributed by atoms with Gasteiger partial charge in [-0.15, -0.1) is 0 Å². The maximum absolute atomic E-state index is 9.00. The number of rotatable bonds is 6. The molecular formula is C16H23ClN2.